The van der Waals surface area contributed by atoms with Crippen LogP contribution in [0.1, 0.15) is 44.6 Å². The summed E-state index contributed by atoms with van der Waals surface area (Å²) in [7, 11) is 3.90. The molecule has 0 aliphatic heterocycles. The van der Waals surface area contributed by atoms with Crippen LogP contribution in [0.25, 0.3) is 0 Å². The molecule has 5 heteroatoms. The predicted molar refractivity (Wildman–Crippen MR) is 82.3 cm³/mol. The van der Waals surface area contributed by atoms with Gasteiger partial charge in [-0.25, -0.2) is 9.97 Å². The number of anilines is 2. The topological polar surface area (TPSA) is 61.3 Å². The summed E-state index contributed by atoms with van der Waals surface area (Å²) >= 11 is 0. The van der Waals surface area contributed by atoms with Crippen molar-refractivity contribution in [3.05, 3.63) is 11.9 Å². The van der Waals surface area contributed by atoms with E-state index in [2.05, 4.69) is 27.1 Å². The summed E-state index contributed by atoms with van der Waals surface area (Å²) < 4.78 is 0. The molecule has 5 nitrogen and oxygen atoms in total. The van der Waals surface area contributed by atoms with Crippen LogP contribution in [0, 0.1) is 0 Å². The number of aromatic nitrogens is 2. The molecule has 0 bridgehead atoms. The fraction of sp³-hybridized carbons (Fsp3) is 0.733. The van der Waals surface area contributed by atoms with Crippen molar-refractivity contribution < 1.29 is 5.11 Å². The van der Waals surface area contributed by atoms with Gasteiger partial charge in [-0.3, -0.25) is 0 Å². The molecule has 2 rings (SSSR count). The molecule has 1 aromatic rings. The summed E-state index contributed by atoms with van der Waals surface area (Å²) in [6, 6.07) is 0. The van der Waals surface area contributed by atoms with Gasteiger partial charge in [0.1, 0.15) is 18.0 Å². The molecule has 0 amide bonds. The van der Waals surface area contributed by atoms with Crippen molar-refractivity contribution in [2.45, 2.75) is 51.0 Å². The Kier molecular flexibility index (Phi) is 4.81. The zero-order valence-electron chi connectivity index (χ0n) is 12.8. The maximum atomic E-state index is 10.6. The van der Waals surface area contributed by atoms with E-state index < -0.39 is 5.60 Å². The molecule has 1 aliphatic carbocycles. The van der Waals surface area contributed by atoms with Crippen LogP contribution in [0.2, 0.25) is 0 Å². The van der Waals surface area contributed by atoms with E-state index in [9.17, 15) is 5.11 Å². The van der Waals surface area contributed by atoms with E-state index in [1.807, 2.05) is 14.1 Å². The standard InChI is InChI=1S/C15H26N4O/c1-4-7-12-13(16-2)17-11-18-14(12)19(3)10-15(20)8-5-6-9-15/h11,20H,4-10H2,1-3H3,(H,16,17,18). The van der Waals surface area contributed by atoms with E-state index in [-0.39, 0.29) is 0 Å². The Labute approximate surface area is 121 Å². The van der Waals surface area contributed by atoms with Crippen molar-refractivity contribution in [3.63, 3.8) is 0 Å². The molecule has 0 radical (unpaired) electrons. The lowest BCUT2D eigenvalue weighted by Crippen LogP contribution is -2.40. The molecule has 0 spiro atoms. The van der Waals surface area contributed by atoms with Gasteiger partial charge in [-0.1, -0.05) is 26.2 Å². The van der Waals surface area contributed by atoms with E-state index in [0.29, 0.717) is 6.54 Å². The summed E-state index contributed by atoms with van der Waals surface area (Å²) in [6.07, 6.45) is 7.61. The Balaban J connectivity index is 2.22. The summed E-state index contributed by atoms with van der Waals surface area (Å²) in [5, 5.41) is 13.7. The van der Waals surface area contributed by atoms with E-state index in [4.69, 9.17) is 0 Å². The number of nitrogens with one attached hydrogen (secondary N) is 1. The molecular weight excluding hydrogens is 252 g/mol. The van der Waals surface area contributed by atoms with Crippen LogP contribution in [0.15, 0.2) is 6.33 Å². The Morgan fingerprint density at radius 1 is 1.35 bits per heavy atom. The van der Waals surface area contributed by atoms with Crippen LogP contribution in [0.4, 0.5) is 11.6 Å². The van der Waals surface area contributed by atoms with Crippen molar-refractivity contribution in [3.8, 4) is 0 Å². The largest absolute Gasteiger partial charge is 0.388 e. The monoisotopic (exact) mass is 278 g/mol. The highest BCUT2D eigenvalue weighted by atomic mass is 16.3. The maximum Gasteiger partial charge on any atom is 0.137 e. The van der Waals surface area contributed by atoms with Gasteiger partial charge in [0.15, 0.2) is 0 Å². The van der Waals surface area contributed by atoms with Gasteiger partial charge in [-0.2, -0.15) is 0 Å². The van der Waals surface area contributed by atoms with Gasteiger partial charge in [-0.05, 0) is 19.3 Å². The molecule has 0 atom stereocenters. The van der Waals surface area contributed by atoms with Crippen LogP contribution in [-0.4, -0.2) is 41.3 Å². The van der Waals surface area contributed by atoms with Gasteiger partial charge >= 0.3 is 0 Å². The lowest BCUT2D eigenvalue weighted by molar-refractivity contribution is 0.0557. The quantitative estimate of drug-likeness (QED) is 0.835. The van der Waals surface area contributed by atoms with Gasteiger partial charge in [0, 0.05) is 26.2 Å². The molecule has 0 unspecified atom stereocenters. The highest BCUT2D eigenvalue weighted by Crippen LogP contribution is 2.32. The molecule has 112 valence electrons. The first kappa shape index (κ1) is 15.0. The van der Waals surface area contributed by atoms with Crippen molar-refractivity contribution in [1.29, 1.82) is 0 Å². The van der Waals surface area contributed by atoms with Crippen LogP contribution in [0.3, 0.4) is 0 Å². The highest BCUT2D eigenvalue weighted by molar-refractivity contribution is 5.58. The second-order valence-corrected chi connectivity index (χ2v) is 5.81. The van der Waals surface area contributed by atoms with Gasteiger partial charge in [0.25, 0.3) is 0 Å². The van der Waals surface area contributed by atoms with Crippen LogP contribution >= 0.6 is 0 Å². The van der Waals surface area contributed by atoms with Gasteiger partial charge < -0.3 is 15.3 Å². The second-order valence-electron chi connectivity index (χ2n) is 5.81. The van der Waals surface area contributed by atoms with Crippen LogP contribution < -0.4 is 10.2 Å². The number of likely N-dealkylation sites (N-methyl/N-ethyl adjacent to an activating group) is 1. The van der Waals surface area contributed by atoms with Gasteiger partial charge in [0.2, 0.25) is 0 Å². The van der Waals surface area contributed by atoms with E-state index >= 15 is 0 Å². The van der Waals surface area contributed by atoms with Crippen LogP contribution in [-0.2, 0) is 6.42 Å². The average molecular weight is 278 g/mol. The summed E-state index contributed by atoms with van der Waals surface area (Å²) in [5.74, 6) is 1.83. The Hall–Kier alpha value is -1.36. The number of aliphatic hydroxyl groups is 1. The number of nitrogens with zero attached hydrogens (tertiary/aromatic N) is 3. The average Bonchev–Trinajstić information content (AvgIpc) is 2.85. The molecule has 1 aliphatic rings. The lowest BCUT2D eigenvalue weighted by atomic mass is 10.0. The first-order valence-electron chi connectivity index (χ1n) is 7.55. The third-order valence-corrected chi connectivity index (χ3v) is 4.09. The van der Waals surface area contributed by atoms with Crippen LogP contribution in [0.5, 0.6) is 0 Å². The molecule has 1 aromatic heterocycles. The van der Waals surface area contributed by atoms with Crippen molar-refractivity contribution in [1.82, 2.24) is 9.97 Å². The molecule has 1 fully saturated rings. The van der Waals surface area contributed by atoms with Crippen molar-refractivity contribution >= 4 is 11.6 Å². The van der Waals surface area contributed by atoms with Gasteiger partial charge in [-0.15, -0.1) is 0 Å². The Bertz CT molecular complexity index is 443. The summed E-state index contributed by atoms with van der Waals surface area (Å²) in [4.78, 5) is 10.8. The number of rotatable bonds is 6. The highest BCUT2D eigenvalue weighted by Gasteiger charge is 2.33. The SMILES string of the molecule is CCCc1c(NC)ncnc1N(C)CC1(O)CCCC1. The molecule has 0 aromatic carbocycles. The third kappa shape index (κ3) is 3.20. The molecule has 2 N–H and O–H groups in total. The molecule has 1 heterocycles. The molecule has 20 heavy (non-hydrogen) atoms. The van der Waals surface area contributed by atoms with E-state index in [0.717, 1.165) is 55.7 Å². The summed E-state index contributed by atoms with van der Waals surface area (Å²) in [6.45, 7) is 2.80. The third-order valence-electron chi connectivity index (χ3n) is 4.09. The Morgan fingerprint density at radius 3 is 2.65 bits per heavy atom. The second kappa shape index (κ2) is 6.39. The fourth-order valence-corrected chi connectivity index (χ4v) is 3.14. The van der Waals surface area contributed by atoms with E-state index in [1.54, 1.807) is 6.33 Å². The number of hydrogen-bond acceptors (Lipinski definition) is 5. The first-order valence-corrected chi connectivity index (χ1v) is 7.55. The summed E-state index contributed by atoms with van der Waals surface area (Å²) in [5.41, 5.74) is 0.588. The Morgan fingerprint density at radius 2 is 2.05 bits per heavy atom. The van der Waals surface area contributed by atoms with E-state index in [1.165, 1.54) is 0 Å². The predicted octanol–water partition coefficient (Wildman–Crippen LogP) is 2.21. The maximum absolute atomic E-state index is 10.6. The smallest absolute Gasteiger partial charge is 0.137 e. The lowest BCUT2D eigenvalue weighted by Gasteiger charge is -2.30. The minimum Gasteiger partial charge on any atom is -0.388 e. The molecule has 0 saturated heterocycles. The molecule has 1 saturated carbocycles. The molecular formula is C15H26N4O. The van der Waals surface area contributed by atoms with Gasteiger partial charge in [0.05, 0.1) is 5.60 Å². The van der Waals surface area contributed by atoms with Crippen molar-refractivity contribution in [2.24, 2.45) is 0 Å². The first-order chi connectivity index (χ1) is 9.59. The minimum atomic E-state index is -0.553. The number of hydrogen-bond donors (Lipinski definition) is 2. The zero-order valence-corrected chi connectivity index (χ0v) is 12.8. The zero-order chi connectivity index (χ0) is 14.6. The fourth-order valence-electron chi connectivity index (χ4n) is 3.14. The minimum absolute atomic E-state index is 0.553. The normalized spacial score (nSPS) is 17.2. The van der Waals surface area contributed by atoms with Crippen molar-refractivity contribution in [2.75, 3.05) is 30.9 Å².